The molecular formula is C10H16ClN5O. The third-order valence-electron chi connectivity index (χ3n) is 2.73. The van der Waals surface area contributed by atoms with Gasteiger partial charge in [-0.25, -0.2) is 9.55 Å². The van der Waals surface area contributed by atoms with E-state index in [1.165, 1.54) is 4.68 Å². The van der Waals surface area contributed by atoms with Gasteiger partial charge < -0.3 is 18.1 Å². The second-order valence-electron chi connectivity index (χ2n) is 3.87. The first kappa shape index (κ1) is 13.4. The highest BCUT2D eigenvalue weighted by Crippen LogP contribution is 2.00. The van der Waals surface area contributed by atoms with Crippen LogP contribution in [0.25, 0.3) is 0 Å². The predicted molar refractivity (Wildman–Crippen MR) is 59.9 cm³/mol. The molecule has 0 fully saturated rings. The van der Waals surface area contributed by atoms with Crippen molar-refractivity contribution in [3.05, 3.63) is 34.3 Å². The van der Waals surface area contributed by atoms with Crippen LogP contribution < -0.4 is 28.3 Å². The first-order valence-corrected chi connectivity index (χ1v) is 5.16. The summed E-state index contributed by atoms with van der Waals surface area (Å²) in [6, 6.07) is 0. The first-order chi connectivity index (χ1) is 7.59. The fourth-order valence-electron chi connectivity index (χ4n) is 1.68. The molecule has 2 aromatic rings. The highest BCUT2D eigenvalue weighted by Gasteiger charge is 2.10. The maximum atomic E-state index is 11.6. The average molecular weight is 258 g/mol. The van der Waals surface area contributed by atoms with E-state index in [4.69, 9.17) is 5.73 Å². The third kappa shape index (κ3) is 2.52. The minimum absolute atomic E-state index is 0. The highest BCUT2D eigenvalue weighted by molar-refractivity contribution is 5.39. The monoisotopic (exact) mass is 257 g/mol. The number of imidazole rings is 1. The van der Waals surface area contributed by atoms with Crippen molar-refractivity contribution in [3.8, 4) is 0 Å². The second-order valence-corrected chi connectivity index (χ2v) is 3.87. The van der Waals surface area contributed by atoms with Crippen molar-refractivity contribution in [2.75, 3.05) is 5.73 Å². The van der Waals surface area contributed by atoms with E-state index in [1.54, 1.807) is 6.92 Å². The van der Waals surface area contributed by atoms with Gasteiger partial charge in [0.25, 0.3) is 11.4 Å². The summed E-state index contributed by atoms with van der Waals surface area (Å²) in [6.45, 7) is 2.38. The van der Waals surface area contributed by atoms with E-state index in [-0.39, 0.29) is 18.0 Å². The molecule has 0 spiro atoms. The number of nitrogens with zero attached hydrogens (tertiary/aromatic N) is 2. The minimum Gasteiger partial charge on any atom is -1.00 e. The Labute approximate surface area is 105 Å². The number of aromatic amines is 2. The van der Waals surface area contributed by atoms with Crippen molar-refractivity contribution in [1.82, 2.24) is 14.8 Å². The summed E-state index contributed by atoms with van der Waals surface area (Å²) in [7, 11) is 1.96. The van der Waals surface area contributed by atoms with Gasteiger partial charge in [-0.05, 0) is 6.92 Å². The lowest BCUT2D eigenvalue weighted by Gasteiger charge is -1.98. The van der Waals surface area contributed by atoms with Crippen LogP contribution in [0.4, 0.5) is 5.69 Å². The Kier molecular flexibility index (Phi) is 4.01. The Hall–Kier alpha value is -1.69. The number of anilines is 1. The van der Waals surface area contributed by atoms with E-state index in [2.05, 4.69) is 10.1 Å². The van der Waals surface area contributed by atoms with Crippen LogP contribution in [0.15, 0.2) is 17.2 Å². The number of nitrogen functional groups attached to an aromatic ring is 1. The van der Waals surface area contributed by atoms with Crippen molar-refractivity contribution in [1.29, 1.82) is 0 Å². The van der Waals surface area contributed by atoms with Gasteiger partial charge in [-0.3, -0.25) is 14.6 Å². The van der Waals surface area contributed by atoms with E-state index in [9.17, 15) is 4.79 Å². The van der Waals surface area contributed by atoms with E-state index in [0.717, 1.165) is 17.9 Å². The van der Waals surface area contributed by atoms with E-state index < -0.39 is 0 Å². The molecular weight excluding hydrogens is 242 g/mol. The number of aryl methyl sites for hydroxylation is 4. The molecule has 94 valence electrons. The number of rotatable bonds is 3. The van der Waals surface area contributed by atoms with Crippen molar-refractivity contribution < 1.29 is 17.0 Å². The standard InChI is InChI=1S/C10H15N5O.ClH/c1-7-9(11)10(16)15(13-7)5-3-8-12-4-6-14(8)2;/h4,6H,3,5,11H2,1-2H3,(H,13,16);1H. The molecule has 0 radical (unpaired) electrons. The lowest BCUT2D eigenvalue weighted by Crippen LogP contribution is -3.00. The van der Waals surface area contributed by atoms with Crippen LogP contribution in [-0.4, -0.2) is 14.8 Å². The van der Waals surface area contributed by atoms with Gasteiger partial charge in [0.1, 0.15) is 18.1 Å². The molecule has 0 saturated carbocycles. The molecule has 0 amide bonds. The molecule has 6 nitrogen and oxygen atoms in total. The largest absolute Gasteiger partial charge is 1.00 e. The molecule has 0 aromatic carbocycles. The van der Waals surface area contributed by atoms with Crippen LogP contribution in [0.2, 0.25) is 0 Å². The molecule has 0 bridgehead atoms. The molecule has 0 aliphatic heterocycles. The zero-order valence-electron chi connectivity index (χ0n) is 9.83. The van der Waals surface area contributed by atoms with Gasteiger partial charge in [0.05, 0.1) is 25.7 Å². The molecule has 0 aliphatic carbocycles. The normalized spacial score (nSPS) is 10.2. The Balaban J connectivity index is 0.00000144. The Morgan fingerprint density at radius 2 is 2.24 bits per heavy atom. The second kappa shape index (κ2) is 5.09. The summed E-state index contributed by atoms with van der Waals surface area (Å²) in [4.78, 5) is 14.7. The van der Waals surface area contributed by atoms with Crippen LogP contribution in [0.5, 0.6) is 0 Å². The molecule has 0 saturated heterocycles. The Morgan fingerprint density at radius 3 is 2.71 bits per heavy atom. The van der Waals surface area contributed by atoms with Crippen LogP contribution in [-0.2, 0) is 20.0 Å². The molecule has 2 aromatic heterocycles. The summed E-state index contributed by atoms with van der Waals surface area (Å²) in [5, 5.41) is 2.95. The maximum Gasteiger partial charge on any atom is 0.289 e. The zero-order valence-corrected chi connectivity index (χ0v) is 10.6. The predicted octanol–water partition coefficient (Wildman–Crippen LogP) is -3.53. The van der Waals surface area contributed by atoms with Crippen molar-refractivity contribution >= 4 is 5.69 Å². The fraction of sp³-hybridized carbons (Fsp3) is 0.400. The van der Waals surface area contributed by atoms with Gasteiger partial charge in [-0.1, -0.05) is 0 Å². The number of H-pyrrole nitrogens is 2. The molecule has 17 heavy (non-hydrogen) atoms. The topological polar surface area (TPSA) is 83.5 Å². The average Bonchev–Trinajstić information content (AvgIpc) is 2.76. The van der Waals surface area contributed by atoms with Gasteiger partial charge in [-0.15, -0.1) is 0 Å². The SMILES string of the molecule is Cc1[nH]n(CCc2[nH]cc[n+]2C)c(=O)c1N.[Cl-]. The van der Waals surface area contributed by atoms with Crippen molar-refractivity contribution in [2.24, 2.45) is 7.05 Å². The smallest absolute Gasteiger partial charge is 0.289 e. The Bertz CT molecular complexity index is 553. The third-order valence-corrected chi connectivity index (χ3v) is 2.73. The molecule has 2 heterocycles. The number of nitrogens with two attached hydrogens (primary N) is 1. The summed E-state index contributed by atoms with van der Waals surface area (Å²) in [5.74, 6) is 1.07. The Morgan fingerprint density at radius 1 is 1.53 bits per heavy atom. The number of nitrogens with one attached hydrogen (secondary N) is 2. The number of halogens is 1. The highest BCUT2D eigenvalue weighted by atomic mass is 35.5. The first-order valence-electron chi connectivity index (χ1n) is 5.16. The molecule has 0 aliphatic rings. The van der Waals surface area contributed by atoms with E-state index in [1.807, 2.05) is 24.0 Å². The minimum atomic E-state index is -0.147. The van der Waals surface area contributed by atoms with Gasteiger partial charge in [0.15, 0.2) is 0 Å². The number of hydrogen-bond donors (Lipinski definition) is 3. The summed E-state index contributed by atoms with van der Waals surface area (Å²) < 4.78 is 3.52. The zero-order chi connectivity index (χ0) is 11.7. The summed E-state index contributed by atoms with van der Waals surface area (Å²) in [5.41, 5.74) is 6.48. The quantitative estimate of drug-likeness (QED) is 0.498. The molecule has 7 heteroatoms. The van der Waals surface area contributed by atoms with E-state index in [0.29, 0.717) is 12.2 Å². The van der Waals surface area contributed by atoms with Crippen molar-refractivity contribution in [3.63, 3.8) is 0 Å². The van der Waals surface area contributed by atoms with Gasteiger partial charge in [0, 0.05) is 0 Å². The summed E-state index contributed by atoms with van der Waals surface area (Å²) >= 11 is 0. The van der Waals surface area contributed by atoms with Gasteiger partial charge in [-0.2, -0.15) is 0 Å². The fourth-order valence-corrected chi connectivity index (χ4v) is 1.68. The number of hydrogen-bond acceptors (Lipinski definition) is 2. The lowest BCUT2D eigenvalue weighted by atomic mass is 10.4. The van der Waals surface area contributed by atoms with Crippen LogP contribution in [0, 0.1) is 6.92 Å². The van der Waals surface area contributed by atoms with Gasteiger partial charge >= 0.3 is 0 Å². The van der Waals surface area contributed by atoms with Crippen LogP contribution in [0.1, 0.15) is 11.5 Å². The maximum absolute atomic E-state index is 11.6. The van der Waals surface area contributed by atoms with Crippen LogP contribution in [0.3, 0.4) is 0 Å². The molecule has 4 N–H and O–H groups in total. The van der Waals surface area contributed by atoms with Gasteiger partial charge in [0.2, 0.25) is 0 Å². The molecule has 2 rings (SSSR count). The summed E-state index contributed by atoms with van der Waals surface area (Å²) in [6.07, 6.45) is 4.56. The lowest BCUT2D eigenvalue weighted by molar-refractivity contribution is -0.677. The van der Waals surface area contributed by atoms with Crippen LogP contribution >= 0.6 is 0 Å². The number of aromatic nitrogens is 4. The van der Waals surface area contributed by atoms with E-state index >= 15 is 0 Å². The molecule has 0 unspecified atom stereocenters. The van der Waals surface area contributed by atoms with Crippen molar-refractivity contribution in [2.45, 2.75) is 19.9 Å². The molecule has 0 atom stereocenters.